The molecular weight excluding hydrogens is 240 g/mol. The van der Waals surface area contributed by atoms with Crippen molar-refractivity contribution in [2.75, 3.05) is 18.4 Å². The number of hydrogen-bond acceptors (Lipinski definition) is 3. The van der Waals surface area contributed by atoms with Gasteiger partial charge < -0.3 is 10.6 Å². The molecule has 0 saturated heterocycles. The highest BCUT2D eigenvalue weighted by atomic mass is 32.1. The summed E-state index contributed by atoms with van der Waals surface area (Å²) in [5.74, 6) is 0.641. The number of fused-ring (bicyclic) bond motifs is 1. The van der Waals surface area contributed by atoms with Gasteiger partial charge in [0.2, 0.25) is 0 Å². The fourth-order valence-corrected chi connectivity index (χ4v) is 3.22. The second-order valence-corrected chi connectivity index (χ2v) is 5.74. The molecule has 1 aromatic heterocycles. The molecule has 3 rings (SSSR count). The molecule has 1 aliphatic heterocycles. The second-order valence-electron chi connectivity index (χ2n) is 4.71. The molecule has 94 valence electrons. The largest absolute Gasteiger partial charge is 0.385 e. The van der Waals surface area contributed by atoms with Gasteiger partial charge in [-0.05, 0) is 29.5 Å². The maximum Gasteiger partial charge on any atom is 0.0376 e. The lowest BCUT2D eigenvalue weighted by Crippen LogP contribution is -2.26. The quantitative estimate of drug-likeness (QED) is 0.878. The smallest absolute Gasteiger partial charge is 0.0376 e. The summed E-state index contributed by atoms with van der Waals surface area (Å²) in [7, 11) is 0. The standard InChI is InChI=1S/C15H18N2S/c1-2-6-15-14(5-1)12(7-8-17-15)10-16-11-13-4-3-9-18-13/h1-6,9,12,16-17H,7-8,10-11H2. The van der Waals surface area contributed by atoms with E-state index in [2.05, 4.69) is 52.4 Å². The number of nitrogens with one attached hydrogen (secondary N) is 2. The summed E-state index contributed by atoms with van der Waals surface area (Å²) in [5, 5.41) is 9.19. The number of para-hydroxylation sites is 1. The van der Waals surface area contributed by atoms with Crippen LogP contribution in [-0.2, 0) is 6.54 Å². The van der Waals surface area contributed by atoms with Crippen LogP contribution in [0.1, 0.15) is 22.8 Å². The van der Waals surface area contributed by atoms with Gasteiger partial charge in [-0.1, -0.05) is 24.3 Å². The summed E-state index contributed by atoms with van der Waals surface area (Å²) in [6, 6.07) is 13.0. The van der Waals surface area contributed by atoms with Crippen LogP contribution in [0.2, 0.25) is 0 Å². The fraction of sp³-hybridized carbons (Fsp3) is 0.333. The van der Waals surface area contributed by atoms with Crippen LogP contribution in [0.4, 0.5) is 5.69 Å². The van der Waals surface area contributed by atoms with Gasteiger partial charge >= 0.3 is 0 Å². The molecule has 0 saturated carbocycles. The summed E-state index contributed by atoms with van der Waals surface area (Å²) in [6.07, 6.45) is 1.22. The highest BCUT2D eigenvalue weighted by molar-refractivity contribution is 7.09. The van der Waals surface area contributed by atoms with Crippen molar-refractivity contribution in [2.45, 2.75) is 18.9 Å². The normalized spacial score (nSPS) is 18.1. The zero-order valence-corrected chi connectivity index (χ0v) is 11.2. The van der Waals surface area contributed by atoms with Gasteiger partial charge in [0.05, 0.1) is 0 Å². The minimum absolute atomic E-state index is 0.641. The molecule has 2 nitrogen and oxygen atoms in total. The molecule has 0 spiro atoms. The Morgan fingerprint density at radius 1 is 1.22 bits per heavy atom. The predicted octanol–water partition coefficient (Wildman–Crippen LogP) is 3.44. The minimum atomic E-state index is 0.641. The van der Waals surface area contributed by atoms with E-state index in [-0.39, 0.29) is 0 Å². The molecule has 1 atom stereocenters. The van der Waals surface area contributed by atoms with Crippen LogP contribution < -0.4 is 10.6 Å². The van der Waals surface area contributed by atoms with Gasteiger partial charge in [-0.15, -0.1) is 11.3 Å². The summed E-state index contributed by atoms with van der Waals surface area (Å²) in [6.45, 7) is 3.14. The number of benzene rings is 1. The van der Waals surface area contributed by atoms with E-state index < -0.39 is 0 Å². The van der Waals surface area contributed by atoms with E-state index >= 15 is 0 Å². The Bertz CT molecular complexity index is 493. The molecule has 3 heteroatoms. The average molecular weight is 258 g/mol. The maximum absolute atomic E-state index is 3.58. The van der Waals surface area contributed by atoms with Crippen LogP contribution in [0, 0.1) is 0 Å². The minimum Gasteiger partial charge on any atom is -0.385 e. The lowest BCUT2D eigenvalue weighted by Gasteiger charge is -2.26. The summed E-state index contributed by atoms with van der Waals surface area (Å²) >= 11 is 1.82. The molecule has 0 amide bonds. The summed E-state index contributed by atoms with van der Waals surface area (Å²) in [4.78, 5) is 1.41. The number of thiophene rings is 1. The first-order valence-electron chi connectivity index (χ1n) is 6.49. The molecule has 2 N–H and O–H groups in total. The van der Waals surface area contributed by atoms with Crippen molar-refractivity contribution >= 4 is 17.0 Å². The number of anilines is 1. The van der Waals surface area contributed by atoms with E-state index in [1.54, 1.807) is 0 Å². The molecule has 1 aliphatic rings. The molecule has 0 fully saturated rings. The Morgan fingerprint density at radius 3 is 3.06 bits per heavy atom. The molecular formula is C15H18N2S. The lowest BCUT2D eigenvalue weighted by molar-refractivity contribution is 0.553. The van der Waals surface area contributed by atoms with Crippen molar-refractivity contribution < 1.29 is 0 Å². The molecule has 1 unspecified atom stereocenters. The van der Waals surface area contributed by atoms with E-state index in [1.165, 1.54) is 22.5 Å². The highest BCUT2D eigenvalue weighted by Gasteiger charge is 2.18. The van der Waals surface area contributed by atoms with E-state index in [0.717, 1.165) is 19.6 Å². The lowest BCUT2D eigenvalue weighted by atomic mass is 9.91. The Hall–Kier alpha value is -1.32. The van der Waals surface area contributed by atoms with Gasteiger partial charge in [0.1, 0.15) is 0 Å². The number of rotatable bonds is 4. The summed E-state index contributed by atoms with van der Waals surface area (Å²) < 4.78 is 0. The van der Waals surface area contributed by atoms with Gasteiger partial charge in [-0.25, -0.2) is 0 Å². The van der Waals surface area contributed by atoms with Crippen LogP contribution >= 0.6 is 11.3 Å². The first-order chi connectivity index (χ1) is 8.93. The Morgan fingerprint density at radius 2 is 2.17 bits per heavy atom. The van der Waals surface area contributed by atoms with E-state index in [1.807, 2.05) is 11.3 Å². The van der Waals surface area contributed by atoms with Crippen LogP contribution in [0.25, 0.3) is 0 Å². The number of hydrogen-bond donors (Lipinski definition) is 2. The van der Waals surface area contributed by atoms with Crippen molar-refractivity contribution in [1.82, 2.24) is 5.32 Å². The van der Waals surface area contributed by atoms with E-state index in [0.29, 0.717) is 5.92 Å². The van der Waals surface area contributed by atoms with E-state index in [4.69, 9.17) is 0 Å². The SMILES string of the molecule is c1csc(CNCC2CCNc3ccccc32)c1. The van der Waals surface area contributed by atoms with Gasteiger partial charge in [0.25, 0.3) is 0 Å². The van der Waals surface area contributed by atoms with Gasteiger partial charge in [0, 0.05) is 36.1 Å². The van der Waals surface area contributed by atoms with Crippen molar-refractivity contribution in [3.05, 3.63) is 52.2 Å². The van der Waals surface area contributed by atoms with Crippen LogP contribution in [0.3, 0.4) is 0 Å². The van der Waals surface area contributed by atoms with Crippen molar-refractivity contribution in [2.24, 2.45) is 0 Å². The van der Waals surface area contributed by atoms with E-state index in [9.17, 15) is 0 Å². The van der Waals surface area contributed by atoms with Gasteiger partial charge in [-0.2, -0.15) is 0 Å². The fourth-order valence-electron chi connectivity index (χ4n) is 2.55. The second kappa shape index (κ2) is 5.55. The Labute approximate surface area is 112 Å². The molecule has 2 aromatic rings. The third-order valence-corrected chi connectivity index (χ3v) is 4.36. The van der Waals surface area contributed by atoms with Gasteiger partial charge in [0.15, 0.2) is 0 Å². The van der Waals surface area contributed by atoms with Crippen LogP contribution in [0.5, 0.6) is 0 Å². The third kappa shape index (κ3) is 2.57. The van der Waals surface area contributed by atoms with Crippen LogP contribution in [-0.4, -0.2) is 13.1 Å². The first-order valence-corrected chi connectivity index (χ1v) is 7.37. The van der Waals surface area contributed by atoms with Crippen LogP contribution in [0.15, 0.2) is 41.8 Å². The third-order valence-electron chi connectivity index (χ3n) is 3.48. The van der Waals surface area contributed by atoms with Crippen molar-refractivity contribution in [1.29, 1.82) is 0 Å². The average Bonchev–Trinajstić information content (AvgIpc) is 2.92. The van der Waals surface area contributed by atoms with Crippen molar-refractivity contribution in [3.63, 3.8) is 0 Å². The first kappa shape index (κ1) is 11.8. The zero-order valence-electron chi connectivity index (χ0n) is 10.4. The predicted molar refractivity (Wildman–Crippen MR) is 78.3 cm³/mol. The summed E-state index contributed by atoms with van der Waals surface area (Å²) in [5.41, 5.74) is 2.77. The molecule has 18 heavy (non-hydrogen) atoms. The maximum atomic E-state index is 3.58. The highest BCUT2D eigenvalue weighted by Crippen LogP contribution is 2.30. The molecule has 0 aliphatic carbocycles. The Balaban J connectivity index is 1.60. The monoisotopic (exact) mass is 258 g/mol. The Kier molecular flexibility index (Phi) is 3.62. The molecule has 0 bridgehead atoms. The zero-order chi connectivity index (χ0) is 12.2. The topological polar surface area (TPSA) is 24.1 Å². The van der Waals surface area contributed by atoms with Gasteiger partial charge in [-0.3, -0.25) is 0 Å². The molecule has 0 radical (unpaired) electrons. The van der Waals surface area contributed by atoms with Crippen molar-refractivity contribution in [3.8, 4) is 0 Å². The molecule has 2 heterocycles. The molecule has 1 aromatic carbocycles.